The zero-order valence-corrected chi connectivity index (χ0v) is 15.3. The van der Waals surface area contributed by atoms with E-state index in [9.17, 15) is 27.9 Å². The normalized spacial score (nSPS) is 26.0. The molecule has 1 aromatic carbocycles. The lowest BCUT2D eigenvalue weighted by molar-refractivity contribution is -0.124. The van der Waals surface area contributed by atoms with Crippen LogP contribution >= 0.6 is 15.9 Å². The van der Waals surface area contributed by atoms with Gasteiger partial charge in [0.1, 0.15) is 5.82 Å². The fourth-order valence-corrected chi connectivity index (χ4v) is 3.16. The first-order valence-corrected chi connectivity index (χ1v) is 9.04. The van der Waals surface area contributed by atoms with E-state index in [1.54, 1.807) is 0 Å². The Morgan fingerprint density at radius 1 is 1.35 bits per heavy atom. The molecule has 2 aliphatic carbocycles. The Morgan fingerprint density at radius 3 is 2.54 bits per heavy atom. The maximum Gasteiger partial charge on any atom is 0.254 e. The molecule has 1 aromatic rings. The number of hydrogen-bond acceptors (Lipinski definition) is 3. The number of aliphatic hydroxyl groups excluding tert-OH is 1. The summed E-state index contributed by atoms with van der Waals surface area (Å²) in [7, 11) is 0. The Kier molecular flexibility index (Phi) is 5.30. The molecule has 2 amide bonds. The number of rotatable bonds is 6. The number of carbonyl (C=O) groups is 2. The van der Waals surface area contributed by atoms with Crippen molar-refractivity contribution in [2.45, 2.75) is 37.3 Å². The molecule has 0 bridgehead atoms. The number of halogens is 4. The molecular formula is C17H18BrF3N2O3. The average molecular weight is 435 g/mol. The molecule has 2 fully saturated rings. The van der Waals surface area contributed by atoms with E-state index in [-0.39, 0.29) is 29.0 Å². The van der Waals surface area contributed by atoms with Gasteiger partial charge in [-0.3, -0.25) is 9.59 Å². The van der Waals surface area contributed by atoms with Crippen LogP contribution in [0.2, 0.25) is 0 Å². The largest absolute Gasteiger partial charge is 0.393 e. The van der Waals surface area contributed by atoms with Crippen molar-refractivity contribution >= 4 is 27.7 Å². The molecule has 1 atom stereocenters. The fourth-order valence-electron chi connectivity index (χ4n) is 2.92. The summed E-state index contributed by atoms with van der Waals surface area (Å²) in [6.45, 7) is -0.667. The van der Waals surface area contributed by atoms with E-state index >= 15 is 0 Å². The minimum absolute atomic E-state index is 0.0125. The zero-order valence-electron chi connectivity index (χ0n) is 13.7. The highest BCUT2D eigenvalue weighted by Gasteiger charge is 2.57. The van der Waals surface area contributed by atoms with Crippen LogP contribution in [0.25, 0.3) is 0 Å². The average Bonchev–Trinajstić information content (AvgIpc) is 3.13. The van der Waals surface area contributed by atoms with Crippen LogP contribution in [-0.4, -0.2) is 53.0 Å². The predicted molar refractivity (Wildman–Crippen MR) is 90.2 cm³/mol. The molecule has 2 saturated carbocycles. The van der Waals surface area contributed by atoms with E-state index < -0.39 is 42.1 Å². The van der Waals surface area contributed by atoms with Gasteiger partial charge in [-0.1, -0.05) is 0 Å². The lowest BCUT2D eigenvalue weighted by atomic mass is 9.89. The number of nitrogens with one attached hydrogen (secondary N) is 1. The summed E-state index contributed by atoms with van der Waals surface area (Å²) in [5.41, 5.74) is -0.0125. The molecule has 5 nitrogen and oxygen atoms in total. The Morgan fingerprint density at radius 2 is 2.00 bits per heavy atom. The van der Waals surface area contributed by atoms with Gasteiger partial charge in [-0.05, 0) is 47.0 Å². The lowest BCUT2D eigenvalue weighted by Gasteiger charge is -2.32. The summed E-state index contributed by atoms with van der Waals surface area (Å²) in [5, 5.41) is 11.9. The van der Waals surface area contributed by atoms with Gasteiger partial charge in [0.2, 0.25) is 5.91 Å². The number of aliphatic hydroxyl groups is 1. The standard InChI is InChI=1S/C17H18BrF3N2O3/c18-13-2-1-9(3-14(13)19)16(26)23(7-10-6-17(10,20)21)8-15(25)22-11-4-12(24)5-11/h1-3,10-12,24H,4-8H2,(H,22,25). The molecular weight excluding hydrogens is 417 g/mol. The Hall–Kier alpha value is -1.61. The highest BCUT2D eigenvalue weighted by atomic mass is 79.9. The van der Waals surface area contributed by atoms with Crippen LogP contribution in [-0.2, 0) is 4.79 Å². The van der Waals surface area contributed by atoms with Crippen LogP contribution in [0.3, 0.4) is 0 Å². The number of carbonyl (C=O) groups excluding carboxylic acids is 2. The second kappa shape index (κ2) is 7.19. The van der Waals surface area contributed by atoms with E-state index in [1.165, 1.54) is 12.1 Å². The maximum atomic E-state index is 13.7. The predicted octanol–water partition coefficient (Wildman–Crippen LogP) is 2.33. The summed E-state index contributed by atoms with van der Waals surface area (Å²) in [4.78, 5) is 25.8. The van der Waals surface area contributed by atoms with Crippen LogP contribution in [0.5, 0.6) is 0 Å². The Labute approximate surface area is 156 Å². The summed E-state index contributed by atoms with van der Waals surface area (Å²) >= 11 is 2.98. The molecule has 2 aliphatic rings. The van der Waals surface area contributed by atoms with Crippen molar-refractivity contribution in [1.29, 1.82) is 0 Å². The first-order valence-electron chi connectivity index (χ1n) is 8.25. The van der Waals surface area contributed by atoms with E-state index in [1.807, 2.05) is 0 Å². The fraction of sp³-hybridized carbons (Fsp3) is 0.529. The molecule has 0 spiro atoms. The molecule has 26 heavy (non-hydrogen) atoms. The van der Waals surface area contributed by atoms with Gasteiger partial charge < -0.3 is 15.3 Å². The van der Waals surface area contributed by atoms with Gasteiger partial charge >= 0.3 is 0 Å². The van der Waals surface area contributed by atoms with Gasteiger partial charge in [0.05, 0.1) is 17.1 Å². The quantitative estimate of drug-likeness (QED) is 0.721. The summed E-state index contributed by atoms with van der Waals surface area (Å²) in [6.07, 6.45) is 0.0763. The third kappa shape index (κ3) is 4.37. The second-order valence-corrected chi connectivity index (χ2v) is 7.72. The third-order valence-corrected chi connectivity index (χ3v) is 5.31. The third-order valence-electron chi connectivity index (χ3n) is 4.66. The number of benzene rings is 1. The van der Waals surface area contributed by atoms with Crippen molar-refractivity contribution in [3.63, 3.8) is 0 Å². The number of hydrogen-bond donors (Lipinski definition) is 2. The Balaban J connectivity index is 1.68. The monoisotopic (exact) mass is 434 g/mol. The van der Waals surface area contributed by atoms with Crippen molar-refractivity contribution in [1.82, 2.24) is 10.2 Å². The highest BCUT2D eigenvalue weighted by Crippen LogP contribution is 2.49. The van der Waals surface area contributed by atoms with Gasteiger partial charge in [0.25, 0.3) is 11.8 Å². The van der Waals surface area contributed by atoms with Crippen LogP contribution in [0, 0.1) is 11.7 Å². The summed E-state index contributed by atoms with van der Waals surface area (Å²) in [5.74, 6) is -5.65. The maximum absolute atomic E-state index is 13.7. The van der Waals surface area contributed by atoms with Crippen LogP contribution < -0.4 is 5.32 Å². The number of amides is 2. The van der Waals surface area contributed by atoms with Crippen molar-refractivity contribution in [3.05, 3.63) is 34.1 Å². The summed E-state index contributed by atoms with van der Waals surface area (Å²) in [6, 6.07) is 3.54. The molecule has 142 valence electrons. The lowest BCUT2D eigenvalue weighted by Crippen LogP contribution is -2.50. The molecule has 9 heteroatoms. The van der Waals surface area contributed by atoms with Crippen molar-refractivity contribution in [3.8, 4) is 0 Å². The molecule has 3 rings (SSSR count). The molecule has 0 heterocycles. The molecule has 2 N–H and O–H groups in total. The van der Waals surface area contributed by atoms with Crippen LogP contribution in [0.4, 0.5) is 13.2 Å². The van der Waals surface area contributed by atoms with Crippen LogP contribution in [0.15, 0.2) is 22.7 Å². The van der Waals surface area contributed by atoms with E-state index in [2.05, 4.69) is 21.2 Å². The SMILES string of the molecule is O=C(CN(CC1CC1(F)F)C(=O)c1ccc(Br)c(F)c1)NC1CC(O)C1. The Bertz CT molecular complexity index is 725. The smallest absolute Gasteiger partial charge is 0.254 e. The molecule has 0 saturated heterocycles. The van der Waals surface area contributed by atoms with E-state index in [4.69, 9.17) is 0 Å². The van der Waals surface area contributed by atoms with Gasteiger partial charge in [-0.2, -0.15) is 0 Å². The highest BCUT2D eigenvalue weighted by molar-refractivity contribution is 9.10. The first-order chi connectivity index (χ1) is 12.2. The molecule has 1 unspecified atom stereocenters. The minimum atomic E-state index is -2.84. The topological polar surface area (TPSA) is 69.6 Å². The van der Waals surface area contributed by atoms with Crippen molar-refractivity contribution in [2.24, 2.45) is 5.92 Å². The van der Waals surface area contributed by atoms with Crippen molar-refractivity contribution in [2.75, 3.05) is 13.1 Å². The molecule has 0 aliphatic heterocycles. The van der Waals surface area contributed by atoms with Crippen LogP contribution in [0.1, 0.15) is 29.6 Å². The van der Waals surface area contributed by atoms with Gasteiger partial charge in [-0.15, -0.1) is 0 Å². The molecule has 0 radical (unpaired) electrons. The summed E-state index contributed by atoms with van der Waals surface area (Å²) < 4.78 is 40.4. The van der Waals surface area contributed by atoms with Crippen molar-refractivity contribution < 1.29 is 27.9 Å². The number of alkyl halides is 2. The van der Waals surface area contributed by atoms with Gasteiger partial charge in [-0.25, -0.2) is 13.2 Å². The van der Waals surface area contributed by atoms with Gasteiger partial charge in [0, 0.05) is 30.5 Å². The zero-order chi connectivity index (χ0) is 19.1. The second-order valence-electron chi connectivity index (χ2n) is 6.87. The van der Waals surface area contributed by atoms with Gasteiger partial charge in [0.15, 0.2) is 0 Å². The molecule has 0 aromatic heterocycles. The minimum Gasteiger partial charge on any atom is -0.393 e. The van der Waals surface area contributed by atoms with E-state index in [0.29, 0.717) is 12.8 Å². The number of nitrogens with zero attached hydrogens (tertiary/aromatic N) is 1. The first kappa shape index (κ1) is 19.2. The van der Waals surface area contributed by atoms with E-state index in [0.717, 1.165) is 11.0 Å².